The molecule has 0 spiro atoms. The molecular formula is C20H22BrF2N3O. The highest BCUT2D eigenvalue weighted by Crippen LogP contribution is 2.29. The summed E-state index contributed by atoms with van der Waals surface area (Å²) in [4.78, 5) is 17.0. The van der Waals surface area contributed by atoms with Crippen LogP contribution < -0.4 is 10.2 Å². The van der Waals surface area contributed by atoms with E-state index in [0.29, 0.717) is 10.0 Å². The predicted octanol–water partition coefficient (Wildman–Crippen LogP) is 3.97. The van der Waals surface area contributed by atoms with Crippen LogP contribution in [0.1, 0.15) is 28.9 Å². The summed E-state index contributed by atoms with van der Waals surface area (Å²) in [7, 11) is 2.07. The number of hydrogen-bond donors (Lipinski definition) is 1. The lowest BCUT2D eigenvalue weighted by molar-refractivity contribution is 0.0935. The first-order valence-electron chi connectivity index (χ1n) is 8.84. The number of piperazine rings is 1. The smallest absolute Gasteiger partial charge is 0.254 e. The van der Waals surface area contributed by atoms with Crippen LogP contribution >= 0.6 is 15.9 Å². The molecule has 0 saturated carbocycles. The second kappa shape index (κ2) is 8.35. The van der Waals surface area contributed by atoms with E-state index in [9.17, 15) is 13.6 Å². The van der Waals surface area contributed by atoms with Gasteiger partial charge in [-0.2, -0.15) is 0 Å². The fourth-order valence-corrected chi connectivity index (χ4v) is 3.59. The molecule has 0 radical (unpaired) electrons. The van der Waals surface area contributed by atoms with E-state index in [1.54, 1.807) is 13.0 Å². The number of hydrogen-bond acceptors (Lipinski definition) is 3. The molecule has 1 fully saturated rings. The molecule has 27 heavy (non-hydrogen) atoms. The summed E-state index contributed by atoms with van der Waals surface area (Å²) in [6, 6.07) is 8.36. The molecule has 1 aliphatic rings. The molecule has 0 aromatic heterocycles. The molecule has 1 atom stereocenters. The molecule has 4 nitrogen and oxygen atoms in total. The van der Waals surface area contributed by atoms with Crippen molar-refractivity contribution in [2.24, 2.45) is 0 Å². The van der Waals surface area contributed by atoms with Crippen molar-refractivity contribution in [1.29, 1.82) is 0 Å². The molecule has 1 N–H and O–H groups in total. The summed E-state index contributed by atoms with van der Waals surface area (Å²) in [5.41, 5.74) is 1.53. The van der Waals surface area contributed by atoms with E-state index in [2.05, 4.69) is 38.1 Å². The fraction of sp³-hybridized carbons (Fsp3) is 0.350. The molecule has 1 aliphatic heterocycles. The van der Waals surface area contributed by atoms with Crippen LogP contribution in [0.25, 0.3) is 0 Å². The van der Waals surface area contributed by atoms with Gasteiger partial charge < -0.3 is 15.1 Å². The lowest BCUT2D eigenvalue weighted by Crippen LogP contribution is -2.45. The summed E-state index contributed by atoms with van der Waals surface area (Å²) >= 11 is 3.25. The average Bonchev–Trinajstić information content (AvgIpc) is 2.64. The van der Waals surface area contributed by atoms with E-state index in [-0.39, 0.29) is 11.4 Å². The maximum absolute atomic E-state index is 14.0. The molecule has 3 rings (SSSR count). The van der Waals surface area contributed by atoms with Crippen LogP contribution in [0, 0.1) is 11.6 Å². The predicted molar refractivity (Wildman–Crippen MR) is 106 cm³/mol. The Hall–Kier alpha value is -1.99. The van der Waals surface area contributed by atoms with E-state index < -0.39 is 17.8 Å². The number of halogens is 3. The van der Waals surface area contributed by atoms with Crippen molar-refractivity contribution >= 4 is 27.5 Å². The standard InChI is InChI=1S/C20H22BrF2N3O/c1-13(24-20(27)17-11-14(21)3-5-18(17)23)16-12-15(22)4-6-19(16)26-9-7-25(2)8-10-26/h3-6,11-13H,7-10H2,1-2H3,(H,24,27)/t13-/m0/s1. The van der Waals surface area contributed by atoms with Gasteiger partial charge in [-0.25, -0.2) is 8.78 Å². The molecule has 0 bridgehead atoms. The van der Waals surface area contributed by atoms with Crippen LogP contribution in [0.15, 0.2) is 40.9 Å². The van der Waals surface area contributed by atoms with Gasteiger partial charge in [-0.3, -0.25) is 4.79 Å². The minimum atomic E-state index is -0.596. The van der Waals surface area contributed by atoms with Crippen LogP contribution in [-0.4, -0.2) is 44.0 Å². The van der Waals surface area contributed by atoms with Gasteiger partial charge >= 0.3 is 0 Å². The zero-order chi connectivity index (χ0) is 19.6. The molecule has 2 aromatic carbocycles. The second-order valence-corrected chi connectivity index (χ2v) is 7.73. The van der Waals surface area contributed by atoms with Crippen molar-refractivity contribution in [3.63, 3.8) is 0 Å². The zero-order valence-electron chi connectivity index (χ0n) is 15.3. The highest BCUT2D eigenvalue weighted by molar-refractivity contribution is 9.10. The zero-order valence-corrected chi connectivity index (χ0v) is 16.9. The van der Waals surface area contributed by atoms with Crippen LogP contribution in [0.4, 0.5) is 14.5 Å². The van der Waals surface area contributed by atoms with Crippen molar-refractivity contribution in [3.05, 3.63) is 63.6 Å². The van der Waals surface area contributed by atoms with Gasteiger partial charge in [-0.15, -0.1) is 0 Å². The largest absolute Gasteiger partial charge is 0.369 e. The number of nitrogens with one attached hydrogen (secondary N) is 1. The summed E-state index contributed by atoms with van der Waals surface area (Å²) in [5.74, 6) is -1.49. The Morgan fingerprint density at radius 3 is 2.52 bits per heavy atom. The van der Waals surface area contributed by atoms with E-state index >= 15 is 0 Å². The Balaban J connectivity index is 1.83. The fourth-order valence-electron chi connectivity index (χ4n) is 3.23. The lowest BCUT2D eigenvalue weighted by atomic mass is 10.0. The Bertz CT molecular complexity index is 838. The van der Waals surface area contributed by atoms with Crippen molar-refractivity contribution in [1.82, 2.24) is 10.2 Å². The monoisotopic (exact) mass is 437 g/mol. The number of carbonyl (C=O) groups excluding carboxylic acids is 1. The van der Waals surface area contributed by atoms with Crippen LogP contribution in [0.3, 0.4) is 0 Å². The third-order valence-corrected chi connectivity index (χ3v) is 5.31. The molecule has 7 heteroatoms. The lowest BCUT2D eigenvalue weighted by Gasteiger charge is -2.36. The third kappa shape index (κ3) is 4.65. The molecule has 2 aromatic rings. The second-order valence-electron chi connectivity index (χ2n) is 6.81. The first kappa shape index (κ1) is 19.8. The van der Waals surface area contributed by atoms with Crippen molar-refractivity contribution in [3.8, 4) is 0 Å². The van der Waals surface area contributed by atoms with Crippen molar-refractivity contribution < 1.29 is 13.6 Å². The van der Waals surface area contributed by atoms with Gasteiger partial charge in [-0.05, 0) is 50.4 Å². The Morgan fingerprint density at radius 1 is 1.11 bits per heavy atom. The number of anilines is 1. The SMILES string of the molecule is C[C@H](NC(=O)c1cc(Br)ccc1F)c1cc(F)ccc1N1CCN(C)CC1. The normalized spacial score (nSPS) is 16.3. The topological polar surface area (TPSA) is 35.6 Å². The van der Waals surface area contributed by atoms with Crippen molar-refractivity contribution in [2.45, 2.75) is 13.0 Å². The Morgan fingerprint density at radius 2 is 1.81 bits per heavy atom. The van der Waals surface area contributed by atoms with Crippen molar-refractivity contribution in [2.75, 3.05) is 38.1 Å². The van der Waals surface area contributed by atoms with Gasteiger partial charge in [0.2, 0.25) is 0 Å². The Labute approximate surface area is 166 Å². The van der Waals surface area contributed by atoms with E-state index in [1.807, 2.05) is 0 Å². The summed E-state index contributed by atoms with van der Waals surface area (Å²) in [5, 5.41) is 2.79. The van der Waals surface area contributed by atoms with E-state index in [0.717, 1.165) is 31.9 Å². The molecule has 1 amide bonds. The van der Waals surface area contributed by atoms with Crippen LogP contribution in [0.5, 0.6) is 0 Å². The Kier molecular flexibility index (Phi) is 6.11. The van der Waals surface area contributed by atoms with Gasteiger partial charge in [0.1, 0.15) is 11.6 Å². The number of benzene rings is 2. The highest BCUT2D eigenvalue weighted by Gasteiger charge is 2.22. The minimum absolute atomic E-state index is 0.0474. The van der Waals surface area contributed by atoms with Crippen LogP contribution in [0.2, 0.25) is 0 Å². The summed E-state index contributed by atoms with van der Waals surface area (Å²) < 4.78 is 28.5. The number of nitrogens with zero attached hydrogens (tertiary/aromatic N) is 2. The van der Waals surface area contributed by atoms with Gasteiger partial charge in [0.05, 0.1) is 11.6 Å². The quantitative estimate of drug-likeness (QED) is 0.785. The molecule has 144 valence electrons. The van der Waals surface area contributed by atoms with Gasteiger partial charge in [-0.1, -0.05) is 15.9 Å². The van der Waals surface area contributed by atoms with Crippen LogP contribution in [-0.2, 0) is 0 Å². The van der Waals surface area contributed by atoms with E-state index in [1.165, 1.54) is 30.3 Å². The first-order valence-corrected chi connectivity index (χ1v) is 9.63. The molecule has 1 heterocycles. The van der Waals surface area contributed by atoms with E-state index in [4.69, 9.17) is 0 Å². The highest BCUT2D eigenvalue weighted by atomic mass is 79.9. The molecular weight excluding hydrogens is 416 g/mol. The molecule has 1 saturated heterocycles. The molecule has 0 aliphatic carbocycles. The number of amides is 1. The van der Waals surface area contributed by atoms with Gasteiger partial charge in [0.25, 0.3) is 5.91 Å². The summed E-state index contributed by atoms with van der Waals surface area (Å²) in [6.45, 7) is 5.27. The average molecular weight is 438 g/mol. The minimum Gasteiger partial charge on any atom is -0.369 e. The number of likely N-dealkylation sites (N-methyl/N-ethyl adjacent to an activating group) is 1. The number of carbonyl (C=O) groups is 1. The maximum atomic E-state index is 14.0. The third-order valence-electron chi connectivity index (χ3n) is 4.82. The van der Waals surface area contributed by atoms with Gasteiger partial charge in [0, 0.05) is 41.9 Å². The number of rotatable bonds is 4. The summed E-state index contributed by atoms with van der Waals surface area (Å²) in [6.07, 6.45) is 0. The maximum Gasteiger partial charge on any atom is 0.254 e. The first-order chi connectivity index (χ1) is 12.8. The van der Waals surface area contributed by atoms with Gasteiger partial charge in [0.15, 0.2) is 0 Å². The molecule has 0 unspecified atom stereocenters.